The number of ether oxygens (including phenoxy) is 3. The molecule has 5 aliphatic carbocycles. The monoisotopic (exact) mass is 688 g/mol. The summed E-state index contributed by atoms with van der Waals surface area (Å²) >= 11 is 0. The van der Waals surface area contributed by atoms with Crippen molar-refractivity contribution in [1.82, 2.24) is 4.90 Å². The number of esters is 3. The summed E-state index contributed by atoms with van der Waals surface area (Å²) in [7, 11) is 3.54. The lowest BCUT2D eigenvalue weighted by molar-refractivity contribution is -0.166. The smallest absolute Gasteiger partial charge is 0.320 e. The van der Waals surface area contributed by atoms with Crippen LogP contribution in [0.15, 0.2) is 24.3 Å². The molecule has 0 N–H and O–H groups in total. The first-order chi connectivity index (χ1) is 21.8. The van der Waals surface area contributed by atoms with Gasteiger partial charge in [0.15, 0.2) is 17.7 Å². The molecule has 0 saturated heterocycles. The van der Waals surface area contributed by atoms with Crippen molar-refractivity contribution in [3.05, 3.63) is 24.3 Å². The van der Waals surface area contributed by atoms with Crippen molar-refractivity contribution >= 4 is 29.5 Å². The summed E-state index contributed by atoms with van der Waals surface area (Å²) in [5.41, 5.74) is -0.121. The Morgan fingerprint density at radius 1 is 1.04 bits per heavy atom. The minimum atomic E-state index is -1.13. The fraction of sp³-hybridized carbons (Fsp3) is 0.763. The zero-order valence-corrected chi connectivity index (χ0v) is 31.0. The third kappa shape index (κ3) is 5.88. The highest BCUT2D eigenvalue weighted by Gasteiger charge is 2.81. The molecule has 0 heterocycles. The maximum atomic E-state index is 14.1. The molecule has 0 aliphatic heterocycles. The topological polar surface area (TPSA) is 116 Å². The van der Waals surface area contributed by atoms with Crippen LogP contribution in [0.4, 0.5) is 0 Å². The van der Waals surface area contributed by atoms with Crippen LogP contribution in [0.3, 0.4) is 0 Å². The molecule has 0 aromatic heterocycles. The van der Waals surface area contributed by atoms with Crippen molar-refractivity contribution in [2.75, 3.05) is 27.2 Å². The second-order valence-electron chi connectivity index (χ2n) is 16.4. The number of ketones is 2. The Hall–Kier alpha value is -2.52. The summed E-state index contributed by atoms with van der Waals surface area (Å²) in [4.78, 5) is 65.8. The van der Waals surface area contributed by atoms with Crippen LogP contribution in [-0.4, -0.2) is 73.8 Å². The average Bonchev–Trinajstić information content (AvgIpc) is 3.59. The Kier molecular flexibility index (Phi) is 10.6. The van der Waals surface area contributed by atoms with Crippen molar-refractivity contribution in [1.29, 1.82) is 0 Å². The van der Waals surface area contributed by atoms with Crippen LogP contribution in [0, 0.1) is 57.2 Å². The molecule has 5 aliphatic rings. The van der Waals surface area contributed by atoms with E-state index in [1.165, 1.54) is 13.8 Å². The Bertz CT molecular complexity index is 1390. The largest absolute Gasteiger partial charge is 1.00 e. The van der Waals surface area contributed by atoms with Crippen LogP contribution < -0.4 is 12.4 Å². The van der Waals surface area contributed by atoms with E-state index in [1.807, 2.05) is 13.0 Å². The highest BCUT2D eigenvalue weighted by Crippen LogP contribution is 2.87. The molecule has 0 amide bonds. The summed E-state index contributed by atoms with van der Waals surface area (Å²) in [6.45, 7) is 17.4. The molecule has 12 atom stereocenters. The number of likely N-dealkylation sites (N-methyl/N-ethyl adjacent to an activating group) is 1. The van der Waals surface area contributed by atoms with Gasteiger partial charge in [0.05, 0.1) is 13.2 Å². The van der Waals surface area contributed by atoms with Crippen LogP contribution in [0.5, 0.6) is 0 Å². The van der Waals surface area contributed by atoms with Gasteiger partial charge in [-0.25, -0.2) is 0 Å². The molecule has 3 unspecified atom stereocenters. The fourth-order valence-electron chi connectivity index (χ4n) is 11.5. The lowest BCUT2D eigenvalue weighted by Gasteiger charge is -2.61. The molecule has 0 bridgehead atoms. The van der Waals surface area contributed by atoms with Crippen LogP contribution >= 0.6 is 0 Å². The number of Topliss-reactive ketones (excluding diaryl/α,β-unsaturated/α-hetero) is 1. The minimum Gasteiger partial charge on any atom is -1.00 e. The van der Waals surface area contributed by atoms with Gasteiger partial charge in [0.1, 0.15) is 6.10 Å². The average molecular weight is 689 g/mol. The van der Waals surface area contributed by atoms with E-state index in [0.29, 0.717) is 18.3 Å². The van der Waals surface area contributed by atoms with Crippen LogP contribution in [0.1, 0.15) is 87.0 Å². The van der Waals surface area contributed by atoms with E-state index in [1.54, 1.807) is 25.9 Å². The number of hydrogen-bond acceptors (Lipinski definition) is 9. The summed E-state index contributed by atoms with van der Waals surface area (Å²) < 4.78 is 17.4. The fourth-order valence-corrected chi connectivity index (χ4v) is 11.5. The third-order valence-corrected chi connectivity index (χ3v) is 13.8. The van der Waals surface area contributed by atoms with Gasteiger partial charge in [0.2, 0.25) is 0 Å². The third-order valence-electron chi connectivity index (χ3n) is 13.8. The molecule has 0 aromatic carbocycles. The van der Waals surface area contributed by atoms with Crippen molar-refractivity contribution < 1.29 is 50.6 Å². The van der Waals surface area contributed by atoms with E-state index in [4.69, 9.17) is 14.2 Å². The first-order valence-corrected chi connectivity index (χ1v) is 17.5. The van der Waals surface area contributed by atoms with Gasteiger partial charge in [0, 0.05) is 37.5 Å². The zero-order chi connectivity index (χ0) is 34.9. The molecular formula is C38H55ClNO8-. The van der Waals surface area contributed by atoms with Gasteiger partial charge in [0.25, 0.3) is 0 Å². The van der Waals surface area contributed by atoms with Gasteiger partial charge < -0.3 is 26.6 Å². The first kappa shape index (κ1) is 38.3. The summed E-state index contributed by atoms with van der Waals surface area (Å²) in [5, 5.41) is 0. The highest BCUT2D eigenvalue weighted by molar-refractivity contribution is 6.00. The van der Waals surface area contributed by atoms with Gasteiger partial charge in [-0.1, -0.05) is 47.3 Å². The Morgan fingerprint density at radius 3 is 2.31 bits per heavy atom. The maximum Gasteiger partial charge on any atom is 0.320 e. The van der Waals surface area contributed by atoms with Crippen molar-refractivity contribution in [3.8, 4) is 0 Å². The quantitative estimate of drug-likeness (QED) is 0.183. The Labute approximate surface area is 292 Å². The number of hydrogen-bond donors (Lipinski definition) is 0. The van der Waals surface area contributed by atoms with E-state index < -0.39 is 41.8 Å². The van der Waals surface area contributed by atoms with E-state index in [0.717, 1.165) is 32.1 Å². The molecule has 268 valence electrons. The van der Waals surface area contributed by atoms with Gasteiger partial charge in [-0.3, -0.25) is 28.9 Å². The van der Waals surface area contributed by atoms with E-state index in [9.17, 15) is 24.0 Å². The van der Waals surface area contributed by atoms with Crippen LogP contribution in [0.2, 0.25) is 0 Å². The predicted molar refractivity (Wildman–Crippen MR) is 176 cm³/mol. The first-order valence-electron chi connectivity index (χ1n) is 17.5. The molecule has 5 rings (SSSR count). The number of allylic oxidation sites excluding steroid dienone is 2. The number of rotatable bonds is 11. The number of nitrogens with zero attached hydrogens (tertiary/aromatic N) is 1. The lowest BCUT2D eigenvalue weighted by atomic mass is 9.43. The standard InChI is InChI=1S/C38H55NO8.ClH/c1-21(19-45-31(43)18-39(9)10)22(2)33(44)34(47-26(6)41)24(4)32-29(46-25(5)40)17-36(8)30-12-11-27-23(3)28(42)13-14-37(27)20-38(30,37)16-15-35(32,36)7;/h13-14,21,23-24,27,29-30,32,34H,2,11-12,15-20H2,1,3-10H3;1H/p-1/t21-,23-,24?,27-,29-,30-,32-,34+,35+,36-,37?,38?;/m0./s1. The predicted octanol–water partition coefficient (Wildman–Crippen LogP) is 2.36. The molecule has 4 fully saturated rings. The normalized spacial score (nSPS) is 39.3. The number of halogens is 1. The van der Waals surface area contributed by atoms with Gasteiger partial charge in [-0.15, -0.1) is 0 Å². The van der Waals surface area contributed by atoms with Crippen molar-refractivity contribution in [2.45, 2.75) is 99.2 Å². The van der Waals surface area contributed by atoms with E-state index >= 15 is 0 Å². The summed E-state index contributed by atoms with van der Waals surface area (Å²) in [6, 6.07) is 0. The number of carbonyl (C=O) groups excluding carboxylic acids is 5. The molecule has 0 aromatic rings. The van der Waals surface area contributed by atoms with Gasteiger partial charge >= 0.3 is 17.9 Å². The zero-order valence-electron chi connectivity index (χ0n) is 30.2. The Balaban J connectivity index is 0.00000520. The second-order valence-corrected chi connectivity index (χ2v) is 16.4. The number of fused-ring (bicyclic) bond motifs is 2. The van der Waals surface area contributed by atoms with Gasteiger partial charge in [-0.05, 0) is 97.8 Å². The summed E-state index contributed by atoms with van der Waals surface area (Å²) in [5.74, 6) is -1.94. The van der Waals surface area contributed by atoms with Crippen LogP contribution in [0.25, 0.3) is 0 Å². The molecule has 48 heavy (non-hydrogen) atoms. The van der Waals surface area contributed by atoms with E-state index in [-0.39, 0.29) is 76.4 Å². The van der Waals surface area contributed by atoms with Gasteiger partial charge in [-0.2, -0.15) is 0 Å². The lowest BCUT2D eigenvalue weighted by Crippen LogP contribution is -3.00. The highest BCUT2D eigenvalue weighted by atomic mass is 35.5. The van der Waals surface area contributed by atoms with Crippen molar-refractivity contribution in [3.63, 3.8) is 0 Å². The molecule has 10 heteroatoms. The number of carbonyl (C=O) groups is 5. The summed E-state index contributed by atoms with van der Waals surface area (Å²) in [6.07, 6.45) is 8.18. The minimum absolute atomic E-state index is 0. The maximum absolute atomic E-state index is 14.1. The molecule has 4 saturated carbocycles. The van der Waals surface area contributed by atoms with Crippen molar-refractivity contribution in [2.24, 2.45) is 57.2 Å². The van der Waals surface area contributed by atoms with Crippen LogP contribution in [-0.2, 0) is 38.2 Å². The molecule has 9 nitrogen and oxygen atoms in total. The second kappa shape index (κ2) is 13.3. The molecule has 2 spiro atoms. The van der Waals surface area contributed by atoms with E-state index in [2.05, 4.69) is 33.4 Å². The SMILES string of the molecule is C=C(C(=O)[C@H](OC(C)=O)C(C)[C@H]1[C@@H](OC(C)=O)C[C@@]2(C)[C@@H]3CC[C@H]4[C@H](C)C(=O)C=CC45CC35CC[C@]12C)[C@@H](C)COC(=O)CN(C)C.[Cl-]. The molecule has 0 radical (unpaired) electrons. The molecular weight excluding hydrogens is 634 g/mol. The Morgan fingerprint density at radius 2 is 1.71 bits per heavy atom.